The molecule has 1 aromatic carbocycles. The first-order valence-electron chi connectivity index (χ1n) is 6.19. The molecule has 0 atom stereocenters. The van der Waals surface area contributed by atoms with Gasteiger partial charge in [0.05, 0.1) is 0 Å². The van der Waals surface area contributed by atoms with Crippen molar-refractivity contribution in [3.8, 4) is 0 Å². The Kier molecular flexibility index (Phi) is 3.02. The van der Waals surface area contributed by atoms with Crippen molar-refractivity contribution < 1.29 is 9.18 Å². The molecule has 7 heteroatoms. The lowest BCUT2D eigenvalue weighted by molar-refractivity contribution is 0.102. The van der Waals surface area contributed by atoms with Gasteiger partial charge in [-0.1, -0.05) is 0 Å². The van der Waals surface area contributed by atoms with Gasteiger partial charge in [-0.2, -0.15) is 0 Å². The van der Waals surface area contributed by atoms with E-state index < -0.39 is 5.91 Å². The maximum Gasteiger partial charge on any atom is 0.272 e. The number of nitrogens with zero attached hydrogens (tertiary/aromatic N) is 2. The Hall–Kier alpha value is -2.96. The molecule has 0 aliphatic carbocycles. The first kappa shape index (κ1) is 13.0. The lowest BCUT2D eigenvalue weighted by Gasteiger charge is -2.03. The van der Waals surface area contributed by atoms with Crippen molar-refractivity contribution in [2.45, 2.75) is 6.92 Å². The fourth-order valence-electron chi connectivity index (χ4n) is 1.99. The molecule has 0 bridgehead atoms. The molecule has 0 fully saturated rings. The van der Waals surface area contributed by atoms with Crippen molar-refractivity contribution in [3.63, 3.8) is 0 Å². The summed E-state index contributed by atoms with van der Waals surface area (Å²) >= 11 is 0. The topological polar surface area (TPSA) is 79.3 Å². The van der Waals surface area contributed by atoms with E-state index in [2.05, 4.69) is 15.4 Å². The quantitative estimate of drug-likeness (QED) is 0.753. The molecule has 0 saturated carbocycles. The zero-order chi connectivity index (χ0) is 15.0. The number of hydrogen-bond acceptors (Lipinski definition) is 3. The normalized spacial score (nSPS) is 10.8. The molecule has 0 radical (unpaired) electrons. The van der Waals surface area contributed by atoms with E-state index in [1.165, 1.54) is 41.0 Å². The van der Waals surface area contributed by atoms with Crippen LogP contribution in [-0.4, -0.2) is 20.5 Å². The Labute approximate surface area is 118 Å². The summed E-state index contributed by atoms with van der Waals surface area (Å²) in [5, 5.41) is 5.30. The van der Waals surface area contributed by atoms with Gasteiger partial charge < -0.3 is 5.32 Å². The number of rotatable bonds is 2. The molecular formula is C14H11FN4O2. The molecule has 0 unspecified atom stereocenters. The number of H-pyrrole nitrogens is 1. The Morgan fingerprint density at radius 1 is 1.33 bits per heavy atom. The van der Waals surface area contributed by atoms with E-state index in [1.54, 1.807) is 6.92 Å². The lowest BCUT2D eigenvalue weighted by Crippen LogP contribution is -2.16. The highest BCUT2D eigenvalue weighted by Crippen LogP contribution is 2.12. The van der Waals surface area contributed by atoms with E-state index in [4.69, 9.17) is 0 Å². The van der Waals surface area contributed by atoms with E-state index in [0.29, 0.717) is 11.4 Å². The molecule has 2 N–H and O–H groups in total. The Balaban J connectivity index is 1.98. The van der Waals surface area contributed by atoms with Crippen LogP contribution in [0.1, 0.15) is 16.1 Å². The van der Waals surface area contributed by atoms with Crippen molar-refractivity contribution in [1.82, 2.24) is 14.6 Å². The Bertz CT molecular complexity index is 880. The molecule has 0 spiro atoms. The molecule has 3 rings (SSSR count). The third-order valence-corrected chi connectivity index (χ3v) is 2.97. The molecule has 0 aliphatic heterocycles. The fraction of sp³-hybridized carbons (Fsp3) is 0.0714. The number of carbonyl (C=O) groups excluding carboxylic acids is 1. The van der Waals surface area contributed by atoms with E-state index in [1.807, 2.05) is 0 Å². The van der Waals surface area contributed by atoms with Crippen LogP contribution in [0.5, 0.6) is 0 Å². The van der Waals surface area contributed by atoms with Gasteiger partial charge in [-0.3, -0.25) is 14.7 Å². The maximum absolute atomic E-state index is 12.8. The monoisotopic (exact) mass is 286 g/mol. The summed E-state index contributed by atoms with van der Waals surface area (Å²) in [6.07, 6.45) is 1.40. The second-order valence-electron chi connectivity index (χ2n) is 4.54. The van der Waals surface area contributed by atoms with Crippen LogP contribution >= 0.6 is 0 Å². The van der Waals surface area contributed by atoms with Gasteiger partial charge in [0.15, 0.2) is 5.65 Å². The predicted octanol–water partition coefficient (Wildman–Crippen LogP) is 1.72. The fourth-order valence-corrected chi connectivity index (χ4v) is 1.99. The smallest absolute Gasteiger partial charge is 0.272 e. The minimum absolute atomic E-state index is 0.236. The molecule has 2 heterocycles. The average molecular weight is 286 g/mol. The van der Waals surface area contributed by atoms with Crippen LogP contribution in [0.2, 0.25) is 0 Å². The van der Waals surface area contributed by atoms with Gasteiger partial charge in [-0.25, -0.2) is 13.9 Å². The van der Waals surface area contributed by atoms with E-state index >= 15 is 0 Å². The second-order valence-corrected chi connectivity index (χ2v) is 4.54. The van der Waals surface area contributed by atoms with Gasteiger partial charge >= 0.3 is 0 Å². The minimum Gasteiger partial charge on any atom is -0.322 e. The molecule has 106 valence electrons. The highest BCUT2D eigenvalue weighted by molar-refractivity contribution is 6.08. The first-order chi connectivity index (χ1) is 10.0. The second kappa shape index (κ2) is 4.86. The molecule has 2 aromatic heterocycles. The molecule has 6 nitrogen and oxygen atoms in total. The zero-order valence-corrected chi connectivity index (χ0v) is 11.1. The molecule has 21 heavy (non-hydrogen) atoms. The highest BCUT2D eigenvalue weighted by atomic mass is 19.1. The predicted molar refractivity (Wildman–Crippen MR) is 74.9 cm³/mol. The summed E-state index contributed by atoms with van der Waals surface area (Å²) in [4.78, 5) is 28.2. The van der Waals surface area contributed by atoms with Crippen molar-refractivity contribution >= 4 is 17.2 Å². The van der Waals surface area contributed by atoms with Crippen molar-refractivity contribution in [2.75, 3.05) is 5.32 Å². The number of amides is 1. The number of carbonyl (C=O) groups is 1. The molecular weight excluding hydrogens is 275 g/mol. The first-order valence-corrected chi connectivity index (χ1v) is 6.19. The summed E-state index contributed by atoms with van der Waals surface area (Å²) in [6.45, 7) is 1.68. The average Bonchev–Trinajstić information content (AvgIpc) is 2.85. The number of aryl methyl sites for hydroxylation is 1. The van der Waals surface area contributed by atoms with Gasteiger partial charge in [-0.05, 0) is 31.2 Å². The summed E-state index contributed by atoms with van der Waals surface area (Å²) in [7, 11) is 0. The van der Waals surface area contributed by atoms with Crippen LogP contribution in [0.25, 0.3) is 5.65 Å². The molecule has 3 aromatic rings. The van der Waals surface area contributed by atoms with Crippen LogP contribution < -0.4 is 10.9 Å². The summed E-state index contributed by atoms with van der Waals surface area (Å²) in [5.41, 5.74) is 1.17. The third kappa shape index (κ3) is 2.40. The number of benzene rings is 1. The number of fused-ring (bicyclic) bond motifs is 1. The van der Waals surface area contributed by atoms with Gasteiger partial charge in [0, 0.05) is 23.6 Å². The van der Waals surface area contributed by atoms with Crippen LogP contribution in [0, 0.1) is 12.7 Å². The van der Waals surface area contributed by atoms with Crippen LogP contribution in [0.4, 0.5) is 10.1 Å². The van der Waals surface area contributed by atoms with Crippen LogP contribution in [0.3, 0.4) is 0 Å². The van der Waals surface area contributed by atoms with Crippen molar-refractivity contribution in [1.29, 1.82) is 0 Å². The SMILES string of the molecule is Cc1cc(=O)n2[nH]cc(C(=O)Nc3ccc(F)cc3)c2n1. The number of anilines is 1. The van der Waals surface area contributed by atoms with Gasteiger partial charge in [0.1, 0.15) is 11.4 Å². The van der Waals surface area contributed by atoms with Crippen molar-refractivity contribution in [2.24, 2.45) is 0 Å². The van der Waals surface area contributed by atoms with Gasteiger partial charge in [0.25, 0.3) is 11.5 Å². The lowest BCUT2D eigenvalue weighted by atomic mass is 10.2. The number of halogens is 1. The number of aromatic nitrogens is 3. The van der Waals surface area contributed by atoms with E-state index in [-0.39, 0.29) is 22.6 Å². The standard InChI is InChI=1S/C14H11FN4O2/c1-8-6-12(20)19-13(17-8)11(7-16-19)14(21)18-10-4-2-9(15)3-5-10/h2-7,16H,1H3,(H,18,21). The van der Waals surface area contributed by atoms with E-state index in [9.17, 15) is 14.0 Å². The number of hydrogen-bond donors (Lipinski definition) is 2. The Morgan fingerprint density at radius 2 is 2.05 bits per heavy atom. The Morgan fingerprint density at radius 3 is 2.76 bits per heavy atom. The maximum atomic E-state index is 12.8. The molecule has 0 saturated heterocycles. The van der Waals surface area contributed by atoms with E-state index in [0.717, 1.165) is 0 Å². The third-order valence-electron chi connectivity index (χ3n) is 2.97. The molecule has 1 amide bonds. The summed E-state index contributed by atoms with van der Waals surface area (Å²) in [5.74, 6) is -0.818. The number of nitrogens with one attached hydrogen (secondary N) is 2. The summed E-state index contributed by atoms with van der Waals surface area (Å²) in [6, 6.07) is 6.76. The van der Waals surface area contributed by atoms with Crippen LogP contribution in [0.15, 0.2) is 41.3 Å². The largest absolute Gasteiger partial charge is 0.322 e. The van der Waals surface area contributed by atoms with Gasteiger partial charge in [-0.15, -0.1) is 0 Å². The van der Waals surface area contributed by atoms with Gasteiger partial charge in [0.2, 0.25) is 0 Å². The van der Waals surface area contributed by atoms with Crippen LogP contribution in [-0.2, 0) is 0 Å². The molecule has 0 aliphatic rings. The summed E-state index contributed by atoms with van der Waals surface area (Å²) < 4.78 is 14.0. The zero-order valence-electron chi connectivity index (χ0n) is 11.1. The minimum atomic E-state index is -0.433. The highest BCUT2D eigenvalue weighted by Gasteiger charge is 2.15. The number of aromatic amines is 1. The van der Waals surface area contributed by atoms with Crippen molar-refractivity contribution in [3.05, 3.63) is 64.0 Å².